The summed E-state index contributed by atoms with van der Waals surface area (Å²) in [5.41, 5.74) is 0.935. The van der Waals surface area contributed by atoms with Crippen LogP contribution in [0.2, 0.25) is 0 Å². The van der Waals surface area contributed by atoms with Gasteiger partial charge < -0.3 is 24.1 Å². The Hall–Kier alpha value is -1.40. The zero-order valence-corrected chi connectivity index (χ0v) is 10.6. The van der Waals surface area contributed by atoms with Gasteiger partial charge in [0.1, 0.15) is 18.0 Å². The summed E-state index contributed by atoms with van der Waals surface area (Å²) < 4.78 is 22.0. The standard InChI is InChI=1S/C14H16O5/c1-16-14-10(15)7-11-12(19-14)8-17-13(18-11)9-5-3-2-4-6-9/h2-7,10,12-15H,8H2,1H3/t10-,12-,13?,14-/m1/s1. The van der Waals surface area contributed by atoms with E-state index < -0.39 is 18.7 Å². The smallest absolute Gasteiger partial charge is 0.226 e. The maximum absolute atomic E-state index is 9.82. The number of fused-ring (bicyclic) bond motifs is 1. The first-order valence-electron chi connectivity index (χ1n) is 6.19. The van der Waals surface area contributed by atoms with Crippen molar-refractivity contribution in [3.63, 3.8) is 0 Å². The molecule has 1 aromatic carbocycles. The summed E-state index contributed by atoms with van der Waals surface area (Å²) >= 11 is 0. The molecule has 2 heterocycles. The van der Waals surface area contributed by atoms with Crippen LogP contribution in [0.3, 0.4) is 0 Å². The number of aliphatic hydroxyl groups is 1. The van der Waals surface area contributed by atoms with E-state index in [0.717, 1.165) is 5.56 Å². The Balaban J connectivity index is 1.77. The van der Waals surface area contributed by atoms with E-state index in [1.54, 1.807) is 6.08 Å². The Bertz CT molecular complexity index is 458. The number of hydrogen-bond donors (Lipinski definition) is 1. The molecule has 5 heteroatoms. The summed E-state index contributed by atoms with van der Waals surface area (Å²) in [4.78, 5) is 0. The highest BCUT2D eigenvalue weighted by molar-refractivity contribution is 5.19. The van der Waals surface area contributed by atoms with E-state index in [1.807, 2.05) is 30.3 Å². The Kier molecular flexibility index (Phi) is 3.52. The third-order valence-corrected chi connectivity index (χ3v) is 3.18. The van der Waals surface area contributed by atoms with Crippen molar-refractivity contribution in [3.8, 4) is 0 Å². The third kappa shape index (κ3) is 2.50. The molecule has 2 aliphatic heterocycles. The SMILES string of the molecule is CO[C@@H]1O[C@@H]2COC(c3ccccc3)OC2=C[C@H]1O. The van der Waals surface area contributed by atoms with E-state index in [9.17, 15) is 5.11 Å². The van der Waals surface area contributed by atoms with E-state index in [0.29, 0.717) is 12.4 Å². The molecule has 0 aliphatic carbocycles. The Labute approximate surface area is 111 Å². The maximum Gasteiger partial charge on any atom is 0.226 e. The van der Waals surface area contributed by atoms with Gasteiger partial charge in [0.2, 0.25) is 6.29 Å². The number of rotatable bonds is 2. The Morgan fingerprint density at radius 1 is 1.26 bits per heavy atom. The quantitative estimate of drug-likeness (QED) is 0.873. The first kappa shape index (κ1) is 12.6. The van der Waals surface area contributed by atoms with Crippen molar-refractivity contribution < 1.29 is 24.1 Å². The van der Waals surface area contributed by atoms with Crippen molar-refractivity contribution >= 4 is 0 Å². The molecule has 19 heavy (non-hydrogen) atoms. The van der Waals surface area contributed by atoms with Crippen molar-refractivity contribution in [2.75, 3.05) is 13.7 Å². The van der Waals surface area contributed by atoms with Gasteiger partial charge in [-0.2, -0.15) is 0 Å². The highest BCUT2D eigenvalue weighted by Gasteiger charge is 2.37. The van der Waals surface area contributed by atoms with E-state index in [-0.39, 0.29) is 6.10 Å². The van der Waals surface area contributed by atoms with Crippen LogP contribution in [0.4, 0.5) is 0 Å². The normalized spacial score (nSPS) is 34.1. The molecule has 1 N–H and O–H groups in total. The second-order valence-electron chi connectivity index (χ2n) is 4.48. The molecule has 0 radical (unpaired) electrons. The molecule has 0 amide bonds. The average Bonchev–Trinajstić information content (AvgIpc) is 2.47. The van der Waals surface area contributed by atoms with E-state index in [2.05, 4.69) is 0 Å². The molecule has 1 aromatic rings. The van der Waals surface area contributed by atoms with Crippen molar-refractivity contribution in [1.29, 1.82) is 0 Å². The molecule has 102 valence electrons. The zero-order chi connectivity index (χ0) is 13.2. The van der Waals surface area contributed by atoms with E-state index >= 15 is 0 Å². The lowest BCUT2D eigenvalue weighted by Gasteiger charge is -2.38. The highest BCUT2D eigenvalue weighted by Crippen LogP contribution is 2.33. The summed E-state index contributed by atoms with van der Waals surface area (Å²) in [6, 6.07) is 9.66. The van der Waals surface area contributed by atoms with Crippen molar-refractivity contribution in [2.24, 2.45) is 0 Å². The van der Waals surface area contributed by atoms with Gasteiger partial charge in [0.25, 0.3) is 0 Å². The minimum absolute atomic E-state index is 0.326. The van der Waals surface area contributed by atoms with Gasteiger partial charge in [-0.1, -0.05) is 30.3 Å². The molecule has 0 saturated carbocycles. The predicted molar refractivity (Wildman–Crippen MR) is 66.0 cm³/mol. The van der Waals surface area contributed by atoms with Crippen LogP contribution >= 0.6 is 0 Å². The number of hydrogen-bond acceptors (Lipinski definition) is 5. The molecule has 0 bridgehead atoms. The maximum atomic E-state index is 9.82. The van der Waals surface area contributed by atoms with Crippen LogP contribution in [0, 0.1) is 0 Å². The summed E-state index contributed by atoms with van der Waals surface area (Å²) in [5.74, 6) is 0.598. The molecule has 2 aliphatic rings. The summed E-state index contributed by atoms with van der Waals surface area (Å²) in [7, 11) is 1.49. The molecular weight excluding hydrogens is 248 g/mol. The molecular formula is C14H16O5. The van der Waals surface area contributed by atoms with Gasteiger partial charge in [-0.05, 0) is 6.08 Å². The third-order valence-electron chi connectivity index (χ3n) is 3.18. The lowest BCUT2D eigenvalue weighted by molar-refractivity contribution is -0.260. The minimum Gasteiger partial charge on any atom is -0.462 e. The van der Waals surface area contributed by atoms with Crippen LogP contribution in [0.5, 0.6) is 0 Å². The zero-order valence-electron chi connectivity index (χ0n) is 10.6. The first-order valence-corrected chi connectivity index (χ1v) is 6.19. The lowest BCUT2D eigenvalue weighted by Crippen LogP contribution is -2.44. The molecule has 1 saturated heterocycles. The van der Waals surface area contributed by atoms with Gasteiger partial charge in [0.05, 0.1) is 6.61 Å². The number of benzene rings is 1. The van der Waals surface area contributed by atoms with Crippen LogP contribution in [0.25, 0.3) is 0 Å². The van der Waals surface area contributed by atoms with Crippen molar-refractivity contribution in [2.45, 2.75) is 24.8 Å². The lowest BCUT2D eigenvalue weighted by atomic mass is 10.1. The van der Waals surface area contributed by atoms with Gasteiger partial charge in [-0.3, -0.25) is 0 Å². The largest absolute Gasteiger partial charge is 0.462 e. The average molecular weight is 264 g/mol. The van der Waals surface area contributed by atoms with Crippen LogP contribution in [-0.4, -0.2) is 37.3 Å². The summed E-state index contributed by atoms with van der Waals surface area (Å²) in [6.45, 7) is 0.373. The predicted octanol–water partition coefficient (Wildman–Crippen LogP) is 1.35. The molecule has 4 atom stereocenters. The molecule has 3 rings (SSSR count). The molecule has 0 aromatic heterocycles. The monoisotopic (exact) mass is 264 g/mol. The van der Waals surface area contributed by atoms with Gasteiger partial charge >= 0.3 is 0 Å². The van der Waals surface area contributed by atoms with Gasteiger partial charge in [0.15, 0.2) is 6.29 Å². The highest BCUT2D eigenvalue weighted by atomic mass is 16.7. The summed E-state index contributed by atoms with van der Waals surface area (Å²) in [6.07, 6.45) is -0.659. The van der Waals surface area contributed by atoms with Gasteiger partial charge in [-0.15, -0.1) is 0 Å². The first-order chi connectivity index (χ1) is 9.28. The molecule has 1 unspecified atom stereocenters. The van der Waals surface area contributed by atoms with Crippen LogP contribution in [0.1, 0.15) is 11.9 Å². The number of aliphatic hydroxyl groups excluding tert-OH is 1. The Morgan fingerprint density at radius 2 is 2.05 bits per heavy atom. The second-order valence-corrected chi connectivity index (χ2v) is 4.48. The van der Waals surface area contributed by atoms with Crippen LogP contribution in [-0.2, 0) is 18.9 Å². The fourth-order valence-electron chi connectivity index (χ4n) is 2.20. The van der Waals surface area contributed by atoms with Gasteiger partial charge in [-0.25, -0.2) is 0 Å². The number of ether oxygens (including phenoxy) is 4. The second kappa shape index (κ2) is 5.30. The fourth-order valence-corrected chi connectivity index (χ4v) is 2.20. The van der Waals surface area contributed by atoms with Crippen LogP contribution in [0.15, 0.2) is 42.2 Å². The summed E-state index contributed by atoms with van der Waals surface area (Å²) in [5, 5.41) is 9.82. The Morgan fingerprint density at radius 3 is 2.79 bits per heavy atom. The van der Waals surface area contributed by atoms with Gasteiger partial charge in [0, 0.05) is 12.7 Å². The van der Waals surface area contributed by atoms with Crippen molar-refractivity contribution in [1.82, 2.24) is 0 Å². The van der Waals surface area contributed by atoms with E-state index in [4.69, 9.17) is 18.9 Å². The van der Waals surface area contributed by atoms with Crippen molar-refractivity contribution in [3.05, 3.63) is 47.7 Å². The molecule has 1 fully saturated rings. The topological polar surface area (TPSA) is 57.2 Å². The minimum atomic E-state index is -0.828. The fraction of sp³-hybridized carbons (Fsp3) is 0.429. The number of methoxy groups -OCH3 is 1. The molecule has 5 nitrogen and oxygen atoms in total. The van der Waals surface area contributed by atoms with Crippen LogP contribution < -0.4 is 0 Å². The van der Waals surface area contributed by atoms with E-state index in [1.165, 1.54) is 7.11 Å². The molecule has 0 spiro atoms.